The van der Waals surface area contributed by atoms with E-state index in [2.05, 4.69) is 48.5 Å². The summed E-state index contributed by atoms with van der Waals surface area (Å²) in [5.41, 5.74) is 2.79. The van der Waals surface area contributed by atoms with Gasteiger partial charge in [-0.3, -0.25) is 4.79 Å². The van der Waals surface area contributed by atoms with E-state index >= 15 is 0 Å². The number of piperidine rings is 1. The molecule has 3 nitrogen and oxygen atoms in total. The van der Waals surface area contributed by atoms with Crippen molar-refractivity contribution in [1.29, 1.82) is 0 Å². The quantitative estimate of drug-likeness (QED) is 0.784. The van der Waals surface area contributed by atoms with E-state index in [1.165, 1.54) is 11.1 Å². The zero-order chi connectivity index (χ0) is 15.8. The van der Waals surface area contributed by atoms with Gasteiger partial charge in [0.25, 0.3) is 0 Å². The number of aryl methyl sites for hydroxylation is 1. The second-order valence-electron chi connectivity index (χ2n) is 6.20. The summed E-state index contributed by atoms with van der Waals surface area (Å²) in [6, 6.07) is 8.55. The van der Waals surface area contributed by atoms with E-state index in [4.69, 9.17) is 0 Å². The van der Waals surface area contributed by atoms with Crippen molar-refractivity contribution in [3.63, 3.8) is 0 Å². The summed E-state index contributed by atoms with van der Waals surface area (Å²) in [6.45, 7) is 5.07. The van der Waals surface area contributed by atoms with Crippen molar-refractivity contribution in [3.8, 4) is 0 Å². The van der Waals surface area contributed by atoms with Crippen molar-refractivity contribution in [2.24, 2.45) is 5.92 Å². The molecule has 1 heterocycles. The molecule has 1 aromatic rings. The van der Waals surface area contributed by atoms with Crippen molar-refractivity contribution < 1.29 is 4.79 Å². The van der Waals surface area contributed by atoms with Crippen molar-refractivity contribution in [1.82, 2.24) is 10.2 Å². The lowest BCUT2D eigenvalue weighted by Gasteiger charge is -2.28. The number of thioether (sulfide) groups is 1. The van der Waals surface area contributed by atoms with Gasteiger partial charge in [-0.15, -0.1) is 0 Å². The van der Waals surface area contributed by atoms with Crippen LogP contribution in [0.3, 0.4) is 0 Å². The van der Waals surface area contributed by atoms with Crippen molar-refractivity contribution in [2.75, 3.05) is 32.4 Å². The van der Waals surface area contributed by atoms with Crippen LogP contribution in [0.25, 0.3) is 0 Å². The highest BCUT2D eigenvalue weighted by atomic mass is 32.2. The number of carbonyl (C=O) groups excluding carboxylic acids is 1. The first-order valence-corrected chi connectivity index (χ1v) is 9.41. The molecule has 122 valence electrons. The SMILES string of the molecule is Cc1ccccc1CSCCCNC(=O)C1CCN(C)CC1. The maximum Gasteiger partial charge on any atom is 0.223 e. The molecule has 0 unspecified atom stereocenters. The monoisotopic (exact) mass is 320 g/mol. The Morgan fingerprint density at radius 3 is 2.77 bits per heavy atom. The molecule has 1 N–H and O–H groups in total. The van der Waals surface area contributed by atoms with Crippen LogP contribution >= 0.6 is 11.8 Å². The minimum Gasteiger partial charge on any atom is -0.356 e. The molecule has 1 fully saturated rings. The van der Waals surface area contributed by atoms with Gasteiger partial charge in [-0.2, -0.15) is 11.8 Å². The lowest BCUT2D eigenvalue weighted by atomic mass is 9.96. The lowest BCUT2D eigenvalue weighted by molar-refractivity contribution is -0.126. The molecule has 0 spiro atoms. The summed E-state index contributed by atoms with van der Waals surface area (Å²) < 4.78 is 0. The molecule has 1 amide bonds. The second kappa shape index (κ2) is 9.21. The van der Waals surface area contributed by atoms with Crippen LogP contribution in [0.2, 0.25) is 0 Å². The highest BCUT2D eigenvalue weighted by molar-refractivity contribution is 7.98. The number of rotatable bonds is 7. The summed E-state index contributed by atoms with van der Waals surface area (Å²) in [7, 11) is 2.12. The van der Waals surface area contributed by atoms with Gasteiger partial charge in [0.15, 0.2) is 0 Å². The van der Waals surface area contributed by atoms with Gasteiger partial charge in [0.1, 0.15) is 0 Å². The molecule has 2 rings (SSSR count). The Hall–Kier alpha value is -1.00. The van der Waals surface area contributed by atoms with E-state index in [9.17, 15) is 4.79 Å². The number of likely N-dealkylation sites (tertiary alicyclic amines) is 1. The summed E-state index contributed by atoms with van der Waals surface area (Å²) in [6.07, 6.45) is 3.06. The largest absolute Gasteiger partial charge is 0.356 e. The van der Waals surface area contributed by atoms with E-state index in [0.29, 0.717) is 0 Å². The zero-order valence-corrected chi connectivity index (χ0v) is 14.6. The Bertz CT molecular complexity index is 470. The van der Waals surface area contributed by atoms with Gasteiger partial charge in [0, 0.05) is 18.2 Å². The Morgan fingerprint density at radius 1 is 1.32 bits per heavy atom. The molecular weight excluding hydrogens is 292 g/mol. The van der Waals surface area contributed by atoms with Crippen LogP contribution in [0.15, 0.2) is 24.3 Å². The standard InChI is InChI=1S/C18H28N2OS/c1-15-6-3-4-7-17(15)14-22-13-5-10-19-18(21)16-8-11-20(2)12-9-16/h3-4,6-7,16H,5,8-14H2,1-2H3,(H,19,21). The predicted molar refractivity (Wildman–Crippen MR) is 95.2 cm³/mol. The fourth-order valence-corrected chi connectivity index (χ4v) is 3.79. The summed E-state index contributed by atoms with van der Waals surface area (Å²) in [5, 5.41) is 3.11. The van der Waals surface area contributed by atoms with Crippen LogP contribution in [-0.4, -0.2) is 43.2 Å². The van der Waals surface area contributed by atoms with Crippen LogP contribution < -0.4 is 5.32 Å². The Kier molecular flexibility index (Phi) is 7.26. The van der Waals surface area contributed by atoms with Crippen molar-refractivity contribution >= 4 is 17.7 Å². The first-order valence-electron chi connectivity index (χ1n) is 8.25. The molecular formula is C18H28N2OS. The highest BCUT2D eigenvalue weighted by Gasteiger charge is 2.22. The topological polar surface area (TPSA) is 32.3 Å². The van der Waals surface area contributed by atoms with Crippen LogP contribution in [0.5, 0.6) is 0 Å². The second-order valence-corrected chi connectivity index (χ2v) is 7.31. The summed E-state index contributed by atoms with van der Waals surface area (Å²) in [5.74, 6) is 2.66. The average Bonchev–Trinajstić information content (AvgIpc) is 2.53. The Balaban J connectivity index is 1.54. The fourth-order valence-electron chi connectivity index (χ4n) is 2.76. The number of hydrogen-bond acceptors (Lipinski definition) is 3. The lowest BCUT2D eigenvalue weighted by Crippen LogP contribution is -2.39. The minimum atomic E-state index is 0.232. The first-order chi connectivity index (χ1) is 10.7. The summed E-state index contributed by atoms with van der Waals surface area (Å²) >= 11 is 1.95. The van der Waals surface area contributed by atoms with E-state index < -0.39 is 0 Å². The molecule has 0 aliphatic carbocycles. The number of hydrogen-bond donors (Lipinski definition) is 1. The smallest absolute Gasteiger partial charge is 0.223 e. The fraction of sp³-hybridized carbons (Fsp3) is 0.611. The van der Waals surface area contributed by atoms with E-state index in [-0.39, 0.29) is 11.8 Å². The molecule has 1 aliphatic rings. The van der Waals surface area contributed by atoms with Gasteiger partial charge in [-0.05, 0) is 63.2 Å². The van der Waals surface area contributed by atoms with Crippen LogP contribution in [0.4, 0.5) is 0 Å². The van der Waals surface area contributed by atoms with E-state index in [1.807, 2.05) is 11.8 Å². The van der Waals surface area contributed by atoms with Crippen molar-refractivity contribution in [2.45, 2.75) is 31.9 Å². The molecule has 0 radical (unpaired) electrons. The highest BCUT2D eigenvalue weighted by Crippen LogP contribution is 2.17. The molecule has 0 bridgehead atoms. The molecule has 1 saturated heterocycles. The van der Waals surface area contributed by atoms with Crippen LogP contribution in [-0.2, 0) is 10.5 Å². The molecule has 0 aromatic heterocycles. The number of carbonyl (C=O) groups is 1. The maximum atomic E-state index is 12.1. The van der Waals surface area contributed by atoms with E-state index in [0.717, 1.165) is 50.4 Å². The molecule has 1 aliphatic heterocycles. The van der Waals surface area contributed by atoms with Gasteiger partial charge in [0.2, 0.25) is 5.91 Å². The van der Waals surface area contributed by atoms with Gasteiger partial charge < -0.3 is 10.2 Å². The van der Waals surface area contributed by atoms with Crippen LogP contribution in [0.1, 0.15) is 30.4 Å². The van der Waals surface area contributed by atoms with Crippen LogP contribution in [0, 0.1) is 12.8 Å². The average molecular weight is 321 g/mol. The van der Waals surface area contributed by atoms with E-state index in [1.54, 1.807) is 0 Å². The molecule has 0 saturated carbocycles. The minimum absolute atomic E-state index is 0.232. The molecule has 4 heteroatoms. The van der Waals surface area contributed by atoms with Gasteiger partial charge in [0.05, 0.1) is 0 Å². The normalized spacial score (nSPS) is 16.6. The first kappa shape index (κ1) is 17.4. The molecule has 22 heavy (non-hydrogen) atoms. The number of amides is 1. The van der Waals surface area contributed by atoms with Gasteiger partial charge in [-0.1, -0.05) is 24.3 Å². The number of nitrogens with zero attached hydrogens (tertiary/aromatic N) is 1. The van der Waals surface area contributed by atoms with Gasteiger partial charge >= 0.3 is 0 Å². The third kappa shape index (κ3) is 5.65. The maximum absolute atomic E-state index is 12.1. The Labute approximate surface area is 138 Å². The van der Waals surface area contributed by atoms with Crippen molar-refractivity contribution in [3.05, 3.63) is 35.4 Å². The number of nitrogens with one attached hydrogen (secondary N) is 1. The number of benzene rings is 1. The third-order valence-corrected chi connectivity index (χ3v) is 5.47. The molecule has 0 atom stereocenters. The van der Waals surface area contributed by atoms with Gasteiger partial charge in [-0.25, -0.2) is 0 Å². The molecule has 1 aromatic carbocycles. The zero-order valence-electron chi connectivity index (χ0n) is 13.8. The Morgan fingerprint density at radius 2 is 2.05 bits per heavy atom. The third-order valence-electron chi connectivity index (χ3n) is 4.37. The summed E-state index contributed by atoms with van der Waals surface area (Å²) in [4.78, 5) is 14.4. The predicted octanol–water partition coefficient (Wildman–Crippen LogP) is 3.08.